The van der Waals surface area contributed by atoms with Crippen LogP contribution >= 0.6 is 0 Å². The molecule has 0 radical (unpaired) electrons. The van der Waals surface area contributed by atoms with Gasteiger partial charge in [0.25, 0.3) is 0 Å². The number of H-pyrrole nitrogens is 1. The average molecular weight is 432 g/mol. The predicted octanol–water partition coefficient (Wildman–Crippen LogP) is 6.14. The van der Waals surface area contributed by atoms with Gasteiger partial charge in [-0.3, -0.25) is 0 Å². The second kappa shape index (κ2) is 12.1. The molecule has 2 saturated heterocycles. The van der Waals surface area contributed by atoms with Gasteiger partial charge in [-0.2, -0.15) is 0 Å². The number of aryl methyl sites for hydroxylation is 1. The highest BCUT2D eigenvalue weighted by atomic mass is 15.1. The van der Waals surface area contributed by atoms with Gasteiger partial charge in [0.15, 0.2) is 0 Å². The molecular weight excluding hydrogens is 390 g/mol. The fraction of sp³-hybridized carbons (Fsp3) is 0.517. The van der Waals surface area contributed by atoms with E-state index in [1.165, 1.54) is 85.3 Å². The Kier molecular flexibility index (Phi) is 9.21. The molecule has 2 N–H and O–H groups in total. The molecule has 0 saturated carbocycles. The Balaban J connectivity index is 0.00000141. The molecule has 0 aliphatic carbocycles. The molecule has 2 aromatic rings. The van der Waals surface area contributed by atoms with Crippen molar-refractivity contribution in [1.82, 2.24) is 15.2 Å². The van der Waals surface area contributed by atoms with Crippen molar-refractivity contribution in [3.63, 3.8) is 0 Å². The molecule has 2 aliphatic heterocycles. The molecule has 2 aliphatic rings. The molecule has 1 aromatic heterocycles. The molecule has 0 spiro atoms. The van der Waals surface area contributed by atoms with E-state index in [-0.39, 0.29) is 0 Å². The lowest BCUT2D eigenvalue weighted by Gasteiger charge is -2.33. The minimum atomic E-state index is 0.705. The number of likely N-dealkylation sites (tertiary alicyclic amines) is 1. The van der Waals surface area contributed by atoms with Gasteiger partial charge in [-0.15, -0.1) is 12.8 Å². The van der Waals surface area contributed by atoms with Crippen LogP contribution in [0.4, 0.5) is 0 Å². The molecule has 172 valence electrons. The summed E-state index contributed by atoms with van der Waals surface area (Å²) in [7, 11) is 0. The number of allylic oxidation sites excluding steroid dienone is 4. The summed E-state index contributed by atoms with van der Waals surface area (Å²) in [5, 5.41) is 4.94. The molecule has 0 unspecified atom stereocenters. The van der Waals surface area contributed by atoms with E-state index in [2.05, 4.69) is 85.2 Å². The number of rotatable bonds is 7. The second-order valence-electron chi connectivity index (χ2n) is 9.14. The van der Waals surface area contributed by atoms with E-state index in [1.54, 1.807) is 0 Å². The van der Waals surface area contributed by atoms with Gasteiger partial charge >= 0.3 is 0 Å². The van der Waals surface area contributed by atoms with E-state index in [4.69, 9.17) is 0 Å². The summed E-state index contributed by atoms with van der Waals surface area (Å²) in [6.45, 7) is 12.8. The van der Waals surface area contributed by atoms with Crippen LogP contribution in [0.2, 0.25) is 0 Å². The SMILES string of the molecule is C#C.C/C=C\C(=C/CC)c1[nH]c2ccc(C3CCN(C[C@@H]4CCNC4)CC3)cc2c1CC. The summed E-state index contributed by atoms with van der Waals surface area (Å²) in [5.74, 6) is 1.57. The molecule has 1 aromatic carbocycles. The number of aromatic amines is 1. The predicted molar refractivity (Wildman–Crippen MR) is 140 cm³/mol. The zero-order chi connectivity index (χ0) is 22.9. The van der Waals surface area contributed by atoms with E-state index in [9.17, 15) is 0 Å². The highest BCUT2D eigenvalue weighted by Gasteiger charge is 2.24. The minimum absolute atomic E-state index is 0.705. The lowest BCUT2D eigenvalue weighted by Crippen LogP contribution is -2.37. The van der Waals surface area contributed by atoms with Crippen LogP contribution in [0.15, 0.2) is 36.4 Å². The highest BCUT2D eigenvalue weighted by Crippen LogP contribution is 2.34. The van der Waals surface area contributed by atoms with Crippen LogP contribution in [0, 0.1) is 18.8 Å². The number of aromatic nitrogens is 1. The summed E-state index contributed by atoms with van der Waals surface area (Å²) in [4.78, 5) is 6.43. The normalized spacial score (nSPS) is 20.7. The minimum Gasteiger partial charge on any atom is -0.354 e. The fourth-order valence-electron chi connectivity index (χ4n) is 5.47. The van der Waals surface area contributed by atoms with Gasteiger partial charge in [0.1, 0.15) is 0 Å². The first-order chi connectivity index (χ1) is 15.7. The number of nitrogens with one attached hydrogen (secondary N) is 2. The Labute approximate surface area is 195 Å². The van der Waals surface area contributed by atoms with Crippen LogP contribution in [0.1, 0.15) is 69.2 Å². The number of hydrogen-bond acceptors (Lipinski definition) is 2. The van der Waals surface area contributed by atoms with Crippen LogP contribution in [0.3, 0.4) is 0 Å². The maximum Gasteiger partial charge on any atom is 0.0493 e. The van der Waals surface area contributed by atoms with Gasteiger partial charge in [0.2, 0.25) is 0 Å². The molecule has 0 amide bonds. The Bertz CT molecular complexity index is 932. The number of benzene rings is 1. The van der Waals surface area contributed by atoms with Gasteiger partial charge in [-0.1, -0.05) is 38.1 Å². The van der Waals surface area contributed by atoms with Crippen molar-refractivity contribution < 1.29 is 0 Å². The van der Waals surface area contributed by atoms with Gasteiger partial charge in [0, 0.05) is 23.1 Å². The summed E-state index contributed by atoms with van der Waals surface area (Å²) in [6, 6.07) is 7.19. The molecule has 0 bridgehead atoms. The van der Waals surface area contributed by atoms with Gasteiger partial charge < -0.3 is 15.2 Å². The third-order valence-corrected chi connectivity index (χ3v) is 7.08. The maximum atomic E-state index is 4.00. The topological polar surface area (TPSA) is 31.1 Å². The fourth-order valence-corrected chi connectivity index (χ4v) is 5.47. The molecule has 32 heavy (non-hydrogen) atoms. The van der Waals surface area contributed by atoms with Crippen molar-refractivity contribution in [1.29, 1.82) is 0 Å². The number of nitrogens with zero attached hydrogens (tertiary/aromatic N) is 1. The molecular formula is C29H41N3. The van der Waals surface area contributed by atoms with Crippen LogP contribution in [-0.2, 0) is 6.42 Å². The Morgan fingerprint density at radius 2 is 1.94 bits per heavy atom. The summed E-state index contributed by atoms with van der Waals surface area (Å²) < 4.78 is 0. The Hall–Kier alpha value is -2.28. The molecule has 3 nitrogen and oxygen atoms in total. The Morgan fingerprint density at radius 1 is 1.16 bits per heavy atom. The van der Waals surface area contributed by atoms with E-state index in [0.717, 1.165) is 18.8 Å². The smallest absolute Gasteiger partial charge is 0.0493 e. The monoisotopic (exact) mass is 431 g/mol. The van der Waals surface area contributed by atoms with E-state index >= 15 is 0 Å². The highest BCUT2D eigenvalue weighted by molar-refractivity contribution is 5.91. The van der Waals surface area contributed by atoms with Crippen molar-refractivity contribution >= 4 is 16.5 Å². The molecule has 3 heterocycles. The van der Waals surface area contributed by atoms with Crippen molar-refractivity contribution in [3.05, 3.63) is 53.2 Å². The molecule has 2 fully saturated rings. The van der Waals surface area contributed by atoms with Gasteiger partial charge in [0.05, 0.1) is 0 Å². The molecule has 3 heteroatoms. The van der Waals surface area contributed by atoms with E-state index in [1.807, 2.05) is 0 Å². The molecule has 4 rings (SSSR count). The largest absolute Gasteiger partial charge is 0.354 e. The van der Waals surface area contributed by atoms with Crippen molar-refractivity contribution in [3.8, 4) is 12.8 Å². The van der Waals surface area contributed by atoms with Crippen LogP contribution < -0.4 is 5.32 Å². The zero-order valence-electron chi connectivity index (χ0n) is 20.3. The van der Waals surface area contributed by atoms with Crippen LogP contribution in [-0.4, -0.2) is 42.6 Å². The Morgan fingerprint density at radius 3 is 2.56 bits per heavy atom. The van der Waals surface area contributed by atoms with Crippen LogP contribution in [0.25, 0.3) is 16.5 Å². The summed E-state index contributed by atoms with van der Waals surface area (Å²) in [5.41, 5.74) is 6.92. The quantitative estimate of drug-likeness (QED) is 0.408. The number of hydrogen-bond donors (Lipinski definition) is 2. The second-order valence-corrected chi connectivity index (χ2v) is 9.14. The lowest BCUT2D eigenvalue weighted by atomic mass is 9.88. The summed E-state index contributed by atoms with van der Waals surface area (Å²) in [6.07, 6.45) is 20.8. The lowest BCUT2D eigenvalue weighted by molar-refractivity contribution is 0.187. The first kappa shape index (κ1) is 24.4. The van der Waals surface area contributed by atoms with Crippen molar-refractivity contribution in [2.45, 2.75) is 58.8 Å². The maximum absolute atomic E-state index is 4.00. The summed E-state index contributed by atoms with van der Waals surface area (Å²) >= 11 is 0. The van der Waals surface area contributed by atoms with Crippen molar-refractivity contribution in [2.24, 2.45) is 5.92 Å². The van der Waals surface area contributed by atoms with Crippen LogP contribution in [0.5, 0.6) is 0 Å². The standard InChI is InChI=1S/C27H39N3.C2H2/c1-4-7-22(8-5-2)27-24(6-3)25-17-23(9-10-26(25)29-27)21-12-15-30(16-13-21)19-20-11-14-28-18-20;1-2/h4,7-10,17,20-21,28-29H,5-6,11-16,18-19H2,1-3H3;1-2H/b7-4-,22-8+;/t20-;/m1./s1. The molecule has 1 atom stereocenters. The zero-order valence-corrected chi connectivity index (χ0v) is 20.3. The van der Waals surface area contributed by atoms with E-state index in [0.29, 0.717) is 5.92 Å². The number of fused-ring (bicyclic) bond motifs is 1. The van der Waals surface area contributed by atoms with Gasteiger partial charge in [-0.05, 0) is 106 Å². The average Bonchev–Trinajstić information content (AvgIpc) is 3.47. The first-order valence-corrected chi connectivity index (χ1v) is 12.5. The number of terminal acetylenes is 1. The van der Waals surface area contributed by atoms with E-state index < -0.39 is 0 Å². The van der Waals surface area contributed by atoms with Crippen molar-refractivity contribution in [2.75, 3.05) is 32.7 Å². The van der Waals surface area contributed by atoms with Gasteiger partial charge in [-0.25, -0.2) is 0 Å². The third-order valence-electron chi connectivity index (χ3n) is 7.08. The first-order valence-electron chi connectivity index (χ1n) is 12.5. The number of piperidine rings is 1. The third kappa shape index (κ3) is 5.55.